The molecule has 21 heavy (non-hydrogen) atoms. The van der Waals surface area contributed by atoms with Gasteiger partial charge in [0, 0.05) is 11.1 Å². The molecule has 0 aliphatic rings. The number of carbonyl (C=O) groups excluding carboxylic acids is 1. The topological polar surface area (TPSA) is 39.2 Å². The lowest BCUT2D eigenvalue weighted by Gasteiger charge is -2.16. The molecule has 1 aromatic carbocycles. The van der Waals surface area contributed by atoms with Gasteiger partial charge >= 0.3 is 5.97 Å². The lowest BCUT2D eigenvalue weighted by atomic mass is 9.92. The average Bonchev–Trinajstić information content (AvgIpc) is 2.51. The van der Waals surface area contributed by atoms with Crippen LogP contribution in [0.1, 0.15) is 32.0 Å². The maximum absolute atomic E-state index is 11.7. The third-order valence-corrected chi connectivity index (χ3v) is 3.54. The van der Waals surface area contributed by atoms with E-state index in [9.17, 15) is 4.79 Å². The maximum Gasteiger partial charge on any atom is 0.315 e. The predicted octanol–water partition coefficient (Wildman–Crippen LogP) is 4.01. The molecule has 0 fully saturated rings. The van der Waals surface area contributed by atoms with Gasteiger partial charge in [-0.2, -0.15) is 0 Å². The van der Waals surface area contributed by atoms with Crippen LogP contribution < -0.4 is 0 Å². The number of methoxy groups -OCH3 is 1. The van der Waals surface area contributed by atoms with Crippen molar-refractivity contribution in [3.63, 3.8) is 0 Å². The number of benzene rings is 1. The second-order valence-corrected chi connectivity index (χ2v) is 5.65. The summed E-state index contributed by atoms with van der Waals surface area (Å²) in [7, 11) is 1.41. The van der Waals surface area contributed by atoms with Crippen LogP contribution in [-0.2, 0) is 16.0 Å². The molecule has 0 aliphatic carbocycles. The first kappa shape index (κ1) is 15.2. The van der Waals surface area contributed by atoms with Gasteiger partial charge in [0.15, 0.2) is 0 Å². The van der Waals surface area contributed by atoms with E-state index < -0.39 is 5.41 Å². The highest BCUT2D eigenvalue weighted by atomic mass is 16.5. The Hall–Kier alpha value is -2.16. The Morgan fingerprint density at radius 3 is 2.67 bits per heavy atom. The van der Waals surface area contributed by atoms with Crippen molar-refractivity contribution in [1.29, 1.82) is 0 Å². The molecule has 3 nitrogen and oxygen atoms in total. The van der Waals surface area contributed by atoms with E-state index in [1.807, 2.05) is 44.2 Å². The molecule has 0 aliphatic heterocycles. The minimum absolute atomic E-state index is 0.245. The van der Waals surface area contributed by atoms with Crippen LogP contribution in [0.3, 0.4) is 0 Å². The van der Waals surface area contributed by atoms with Crippen LogP contribution in [0.4, 0.5) is 0 Å². The highest BCUT2D eigenvalue weighted by molar-refractivity contribution is 5.83. The predicted molar refractivity (Wildman–Crippen MR) is 86.0 cm³/mol. The summed E-state index contributed by atoms with van der Waals surface area (Å²) < 4.78 is 4.80. The zero-order chi connectivity index (χ0) is 15.5. The van der Waals surface area contributed by atoms with Gasteiger partial charge in [0.25, 0.3) is 0 Å². The molecule has 1 heterocycles. The number of nitrogens with zero attached hydrogens (tertiary/aromatic N) is 1. The molecule has 0 unspecified atom stereocenters. The number of hydrogen-bond donors (Lipinski definition) is 0. The fourth-order valence-corrected chi connectivity index (χ4v) is 2.11. The van der Waals surface area contributed by atoms with Crippen molar-refractivity contribution in [3.05, 3.63) is 47.7 Å². The Labute approximate surface area is 125 Å². The number of fused-ring (bicyclic) bond motifs is 1. The highest BCUT2D eigenvalue weighted by Crippen LogP contribution is 2.22. The number of rotatable bonds is 4. The number of hydrogen-bond acceptors (Lipinski definition) is 3. The molecule has 0 bridgehead atoms. The molecular formula is C18H21NO2. The molecule has 0 saturated carbocycles. The van der Waals surface area contributed by atoms with Crippen molar-refractivity contribution in [2.45, 2.75) is 27.2 Å². The monoisotopic (exact) mass is 283 g/mol. The largest absolute Gasteiger partial charge is 0.468 e. The Bertz CT molecular complexity index is 687. The minimum Gasteiger partial charge on any atom is -0.468 e. The average molecular weight is 283 g/mol. The number of ether oxygens (including phenoxy) is 1. The van der Waals surface area contributed by atoms with E-state index in [0.29, 0.717) is 0 Å². The van der Waals surface area contributed by atoms with Gasteiger partial charge in [-0.25, -0.2) is 0 Å². The Morgan fingerprint density at radius 1 is 1.29 bits per heavy atom. The molecule has 0 atom stereocenters. The van der Waals surface area contributed by atoms with Gasteiger partial charge in [-0.3, -0.25) is 9.78 Å². The molecule has 2 aromatic rings. The highest BCUT2D eigenvalue weighted by Gasteiger charge is 2.24. The number of aryl methyl sites for hydroxylation is 1. The Balaban J connectivity index is 2.32. The van der Waals surface area contributed by atoms with Crippen LogP contribution in [0, 0.1) is 5.41 Å². The van der Waals surface area contributed by atoms with Crippen molar-refractivity contribution in [1.82, 2.24) is 4.98 Å². The summed E-state index contributed by atoms with van der Waals surface area (Å²) in [4.78, 5) is 16.3. The quantitative estimate of drug-likeness (QED) is 0.796. The van der Waals surface area contributed by atoms with Gasteiger partial charge in [-0.1, -0.05) is 37.3 Å². The zero-order valence-corrected chi connectivity index (χ0v) is 13.0. The van der Waals surface area contributed by atoms with E-state index >= 15 is 0 Å². The first-order valence-corrected chi connectivity index (χ1v) is 7.13. The van der Waals surface area contributed by atoms with E-state index in [4.69, 9.17) is 4.74 Å². The number of carbonyl (C=O) groups is 1. The summed E-state index contributed by atoms with van der Waals surface area (Å²) in [6.45, 7) is 5.77. The smallest absolute Gasteiger partial charge is 0.315 e. The molecule has 3 heteroatoms. The van der Waals surface area contributed by atoms with Crippen molar-refractivity contribution < 1.29 is 9.53 Å². The first-order chi connectivity index (χ1) is 9.96. The van der Waals surface area contributed by atoms with Crippen molar-refractivity contribution >= 4 is 22.9 Å². The summed E-state index contributed by atoms with van der Waals surface area (Å²) >= 11 is 0. The molecule has 1 aromatic heterocycles. The fourth-order valence-electron chi connectivity index (χ4n) is 2.11. The van der Waals surface area contributed by atoms with Crippen molar-refractivity contribution in [3.8, 4) is 0 Å². The van der Waals surface area contributed by atoms with Gasteiger partial charge in [0.2, 0.25) is 0 Å². The van der Waals surface area contributed by atoms with Gasteiger partial charge in [-0.05, 0) is 38.0 Å². The third-order valence-electron chi connectivity index (χ3n) is 3.54. The summed E-state index contributed by atoms with van der Waals surface area (Å²) in [6, 6.07) is 10.3. The van der Waals surface area contributed by atoms with Gasteiger partial charge < -0.3 is 4.74 Å². The van der Waals surface area contributed by atoms with Crippen LogP contribution in [0.25, 0.3) is 17.0 Å². The molecule has 110 valence electrons. The second kappa shape index (κ2) is 6.08. The van der Waals surface area contributed by atoms with E-state index in [-0.39, 0.29) is 5.97 Å². The Kier molecular flexibility index (Phi) is 4.41. The number of pyridine rings is 1. The van der Waals surface area contributed by atoms with E-state index in [0.717, 1.165) is 28.6 Å². The Morgan fingerprint density at radius 2 is 2.00 bits per heavy atom. The van der Waals surface area contributed by atoms with Gasteiger partial charge in [0.1, 0.15) is 0 Å². The number of esters is 1. The van der Waals surface area contributed by atoms with Crippen molar-refractivity contribution in [2.75, 3.05) is 7.11 Å². The van der Waals surface area contributed by atoms with Crippen LogP contribution in [-0.4, -0.2) is 18.1 Å². The third kappa shape index (κ3) is 3.48. The van der Waals surface area contributed by atoms with E-state index in [1.54, 1.807) is 0 Å². The van der Waals surface area contributed by atoms with Crippen molar-refractivity contribution in [2.24, 2.45) is 5.41 Å². The molecule has 0 spiro atoms. The summed E-state index contributed by atoms with van der Waals surface area (Å²) in [5.74, 6) is -0.245. The van der Waals surface area contributed by atoms with Crippen LogP contribution >= 0.6 is 0 Å². The summed E-state index contributed by atoms with van der Waals surface area (Å²) in [5.41, 5.74) is 2.45. The van der Waals surface area contributed by atoms with Gasteiger partial charge in [-0.15, -0.1) is 0 Å². The molecule has 0 N–H and O–H groups in total. The lowest BCUT2D eigenvalue weighted by Crippen LogP contribution is -2.22. The molecule has 0 radical (unpaired) electrons. The standard InChI is InChI=1S/C18H21NO2/c1-5-15-9-8-14-7-6-13(12-16(14)19-15)10-11-18(2,3)17(20)21-4/h6-12H,5H2,1-4H3/b11-10+. The SMILES string of the molecule is CCc1ccc2ccc(/C=C/C(C)(C)C(=O)OC)cc2n1. The minimum atomic E-state index is -0.637. The number of aromatic nitrogens is 1. The lowest BCUT2D eigenvalue weighted by molar-refractivity contribution is -0.148. The normalized spacial score (nSPS) is 12.0. The molecule has 0 amide bonds. The molecular weight excluding hydrogens is 262 g/mol. The zero-order valence-electron chi connectivity index (χ0n) is 13.0. The fraction of sp³-hybridized carbons (Fsp3) is 0.333. The summed E-state index contributed by atoms with van der Waals surface area (Å²) in [6.07, 6.45) is 4.73. The molecule has 2 rings (SSSR count). The van der Waals surface area contributed by atoms with E-state index in [1.165, 1.54) is 7.11 Å². The second-order valence-electron chi connectivity index (χ2n) is 5.65. The van der Waals surface area contributed by atoms with Crippen LogP contribution in [0.5, 0.6) is 0 Å². The maximum atomic E-state index is 11.7. The van der Waals surface area contributed by atoms with Crippen LogP contribution in [0.2, 0.25) is 0 Å². The molecule has 0 saturated heterocycles. The first-order valence-electron chi connectivity index (χ1n) is 7.13. The summed E-state index contributed by atoms with van der Waals surface area (Å²) in [5, 5.41) is 1.12. The van der Waals surface area contributed by atoms with Crippen LogP contribution in [0.15, 0.2) is 36.4 Å². The van der Waals surface area contributed by atoms with Gasteiger partial charge in [0.05, 0.1) is 18.0 Å². The van der Waals surface area contributed by atoms with E-state index in [2.05, 4.69) is 24.0 Å².